The minimum absolute atomic E-state index is 0.0994. The van der Waals surface area contributed by atoms with Crippen molar-refractivity contribution in [1.29, 1.82) is 0 Å². The number of carbonyl (C=O) groups excluding carboxylic acids is 3. The Balaban J connectivity index is 1.57. The molecule has 2 N–H and O–H groups in total. The fourth-order valence-corrected chi connectivity index (χ4v) is 3.21. The van der Waals surface area contributed by atoms with Crippen LogP contribution in [0.15, 0.2) is 60.7 Å². The largest absolute Gasteiger partial charge is 0.497 e. The van der Waals surface area contributed by atoms with Gasteiger partial charge in [-0.1, -0.05) is 36.4 Å². The first-order chi connectivity index (χ1) is 13.9. The van der Waals surface area contributed by atoms with Crippen LogP contribution in [-0.4, -0.2) is 34.9 Å². The summed E-state index contributed by atoms with van der Waals surface area (Å²) >= 11 is 0. The van der Waals surface area contributed by atoms with Crippen molar-refractivity contribution in [3.8, 4) is 5.75 Å². The predicted octanol–water partition coefficient (Wildman–Crippen LogP) is 2.36. The zero-order valence-electron chi connectivity index (χ0n) is 15.8. The van der Waals surface area contributed by atoms with E-state index in [-0.39, 0.29) is 5.69 Å². The van der Waals surface area contributed by atoms with E-state index in [1.807, 2.05) is 18.2 Å². The molecule has 1 aliphatic rings. The smallest absolute Gasteiger partial charge is 0.344 e. The number of pyridine rings is 1. The second-order valence-corrected chi connectivity index (χ2v) is 6.75. The first-order valence-electron chi connectivity index (χ1n) is 8.90. The number of carbonyl (C=O) groups is 3. The molecule has 146 valence electrons. The van der Waals surface area contributed by atoms with Crippen molar-refractivity contribution in [1.82, 2.24) is 20.7 Å². The van der Waals surface area contributed by atoms with E-state index >= 15 is 0 Å². The van der Waals surface area contributed by atoms with E-state index in [2.05, 4.69) is 15.7 Å². The minimum atomic E-state index is -1.31. The molecule has 1 aromatic heterocycles. The van der Waals surface area contributed by atoms with Gasteiger partial charge in [0.15, 0.2) is 0 Å². The molecule has 4 amide bonds. The topological polar surface area (TPSA) is 101 Å². The van der Waals surface area contributed by atoms with Gasteiger partial charge in [-0.15, -0.1) is 0 Å². The number of para-hydroxylation sites is 1. The molecule has 2 heterocycles. The second kappa shape index (κ2) is 6.90. The first kappa shape index (κ1) is 18.4. The third kappa shape index (κ3) is 3.14. The Morgan fingerprint density at radius 2 is 1.79 bits per heavy atom. The standard InChI is InChI=1S/C21H18N4O4/c1-21(14-8-10-15(29-2)11-9-14)19(27)25(20(28)23-21)24-18(26)17-12-7-13-5-3-4-6-16(13)22-17/h3-12H,1-2H3,(H,23,28)(H,24,26). The minimum Gasteiger partial charge on any atom is -0.497 e. The molecule has 8 nitrogen and oxygen atoms in total. The first-order valence-corrected chi connectivity index (χ1v) is 8.90. The molecular weight excluding hydrogens is 372 g/mol. The number of hydrazine groups is 1. The summed E-state index contributed by atoms with van der Waals surface area (Å²) < 4.78 is 5.12. The zero-order chi connectivity index (χ0) is 20.6. The fourth-order valence-electron chi connectivity index (χ4n) is 3.21. The number of nitrogens with zero attached hydrogens (tertiary/aromatic N) is 2. The summed E-state index contributed by atoms with van der Waals surface area (Å²) in [5.74, 6) is -0.623. The van der Waals surface area contributed by atoms with E-state index < -0.39 is 23.4 Å². The molecule has 29 heavy (non-hydrogen) atoms. The molecule has 0 aliphatic carbocycles. The molecule has 3 aromatic rings. The number of hydrogen-bond acceptors (Lipinski definition) is 5. The summed E-state index contributed by atoms with van der Waals surface area (Å²) in [6.07, 6.45) is 0. The number of aromatic nitrogens is 1. The van der Waals surface area contributed by atoms with Crippen LogP contribution in [0.5, 0.6) is 5.75 Å². The van der Waals surface area contributed by atoms with Crippen LogP contribution < -0.4 is 15.5 Å². The number of hydrogen-bond donors (Lipinski definition) is 2. The van der Waals surface area contributed by atoms with Crippen molar-refractivity contribution in [3.05, 3.63) is 71.9 Å². The van der Waals surface area contributed by atoms with Crippen molar-refractivity contribution < 1.29 is 19.1 Å². The molecule has 0 bridgehead atoms. The molecule has 0 radical (unpaired) electrons. The number of rotatable bonds is 4. The van der Waals surface area contributed by atoms with Gasteiger partial charge in [0.2, 0.25) is 0 Å². The Morgan fingerprint density at radius 1 is 1.07 bits per heavy atom. The summed E-state index contributed by atoms with van der Waals surface area (Å²) in [6.45, 7) is 1.58. The molecule has 4 rings (SSSR count). The van der Waals surface area contributed by atoms with Gasteiger partial charge < -0.3 is 10.1 Å². The summed E-state index contributed by atoms with van der Waals surface area (Å²) in [6, 6.07) is 16.7. The van der Waals surface area contributed by atoms with Crippen molar-refractivity contribution in [2.75, 3.05) is 7.11 Å². The van der Waals surface area contributed by atoms with Gasteiger partial charge >= 0.3 is 6.03 Å². The van der Waals surface area contributed by atoms with Crippen molar-refractivity contribution in [3.63, 3.8) is 0 Å². The third-order valence-corrected chi connectivity index (χ3v) is 4.90. The van der Waals surface area contributed by atoms with Gasteiger partial charge in [0.05, 0.1) is 12.6 Å². The molecule has 8 heteroatoms. The van der Waals surface area contributed by atoms with E-state index in [1.54, 1.807) is 49.4 Å². The van der Waals surface area contributed by atoms with E-state index in [0.717, 1.165) is 5.39 Å². The average Bonchev–Trinajstić information content (AvgIpc) is 2.97. The summed E-state index contributed by atoms with van der Waals surface area (Å²) in [4.78, 5) is 42.2. The lowest BCUT2D eigenvalue weighted by atomic mass is 9.92. The number of amides is 4. The highest BCUT2D eigenvalue weighted by Crippen LogP contribution is 2.29. The molecule has 1 fully saturated rings. The van der Waals surface area contributed by atoms with Crippen LogP contribution in [0.3, 0.4) is 0 Å². The molecule has 1 aliphatic heterocycles. The molecule has 0 spiro atoms. The number of nitrogens with one attached hydrogen (secondary N) is 2. The number of urea groups is 1. The van der Waals surface area contributed by atoms with Crippen LogP contribution in [0.4, 0.5) is 4.79 Å². The van der Waals surface area contributed by atoms with Crippen molar-refractivity contribution in [2.45, 2.75) is 12.5 Å². The highest BCUT2D eigenvalue weighted by atomic mass is 16.5. The van der Waals surface area contributed by atoms with Crippen LogP contribution in [0.25, 0.3) is 10.9 Å². The Labute approximate surface area is 166 Å². The van der Waals surface area contributed by atoms with Crippen LogP contribution in [0, 0.1) is 0 Å². The maximum Gasteiger partial charge on any atom is 0.344 e. The Kier molecular flexibility index (Phi) is 4.38. The Bertz CT molecular complexity index is 1130. The van der Waals surface area contributed by atoms with Gasteiger partial charge in [0.1, 0.15) is 17.0 Å². The summed E-state index contributed by atoms with van der Waals surface area (Å²) in [5, 5.41) is 4.20. The van der Waals surface area contributed by atoms with Gasteiger partial charge in [-0.05, 0) is 36.8 Å². The molecule has 1 unspecified atom stereocenters. The SMILES string of the molecule is COc1ccc(C2(C)NC(=O)N(NC(=O)c3ccc4ccccc4n3)C2=O)cc1. The van der Waals surface area contributed by atoms with Crippen LogP contribution >= 0.6 is 0 Å². The third-order valence-electron chi connectivity index (χ3n) is 4.90. The molecule has 1 atom stereocenters. The average molecular weight is 390 g/mol. The fraction of sp³-hybridized carbons (Fsp3) is 0.143. The number of ether oxygens (including phenoxy) is 1. The molecule has 2 aromatic carbocycles. The van der Waals surface area contributed by atoms with E-state index in [0.29, 0.717) is 21.8 Å². The normalized spacial score (nSPS) is 18.6. The molecular formula is C21H18N4O4. The van der Waals surface area contributed by atoms with Crippen LogP contribution in [-0.2, 0) is 10.3 Å². The van der Waals surface area contributed by atoms with Crippen molar-refractivity contribution in [2.24, 2.45) is 0 Å². The maximum absolute atomic E-state index is 12.9. The number of methoxy groups -OCH3 is 1. The molecule has 0 saturated carbocycles. The maximum atomic E-state index is 12.9. The lowest BCUT2D eigenvalue weighted by molar-refractivity contribution is -0.132. The number of imide groups is 1. The van der Waals surface area contributed by atoms with E-state index in [1.165, 1.54) is 7.11 Å². The predicted molar refractivity (Wildman–Crippen MR) is 105 cm³/mol. The van der Waals surface area contributed by atoms with Gasteiger partial charge in [-0.25, -0.2) is 9.78 Å². The van der Waals surface area contributed by atoms with Gasteiger partial charge in [0, 0.05) is 5.39 Å². The monoisotopic (exact) mass is 390 g/mol. The van der Waals surface area contributed by atoms with Gasteiger partial charge in [-0.2, -0.15) is 5.01 Å². The highest BCUT2D eigenvalue weighted by Gasteiger charge is 2.50. The summed E-state index contributed by atoms with van der Waals surface area (Å²) in [7, 11) is 1.54. The Hall–Kier alpha value is -3.94. The highest BCUT2D eigenvalue weighted by molar-refractivity contribution is 6.09. The zero-order valence-corrected chi connectivity index (χ0v) is 15.8. The Morgan fingerprint density at radius 3 is 2.52 bits per heavy atom. The van der Waals surface area contributed by atoms with E-state index in [9.17, 15) is 14.4 Å². The quantitative estimate of drug-likeness (QED) is 0.666. The van der Waals surface area contributed by atoms with Crippen molar-refractivity contribution >= 4 is 28.7 Å². The lowest BCUT2D eigenvalue weighted by Crippen LogP contribution is -2.48. The van der Waals surface area contributed by atoms with Gasteiger partial charge in [-0.3, -0.25) is 15.0 Å². The van der Waals surface area contributed by atoms with Crippen LogP contribution in [0.1, 0.15) is 23.0 Å². The molecule has 1 saturated heterocycles. The summed E-state index contributed by atoms with van der Waals surface area (Å²) in [5.41, 5.74) is 2.35. The number of fused-ring (bicyclic) bond motifs is 1. The van der Waals surface area contributed by atoms with Crippen LogP contribution in [0.2, 0.25) is 0 Å². The van der Waals surface area contributed by atoms with Gasteiger partial charge in [0.25, 0.3) is 11.8 Å². The second-order valence-electron chi connectivity index (χ2n) is 6.75. The lowest BCUT2D eigenvalue weighted by Gasteiger charge is -2.22. The number of benzene rings is 2. The van der Waals surface area contributed by atoms with E-state index in [4.69, 9.17) is 4.74 Å².